The number of thiocarbonyl (C=S) groups is 1. The summed E-state index contributed by atoms with van der Waals surface area (Å²) < 4.78 is 26.4. The third-order valence-electron chi connectivity index (χ3n) is 3.01. The molecule has 1 fully saturated rings. The third-order valence-corrected chi connectivity index (χ3v) is 3.21. The molecule has 0 heterocycles. The van der Waals surface area contributed by atoms with E-state index in [1.807, 2.05) is 0 Å². The number of carbonyl (C=O) groups excluding carboxylic acids is 1. The molecule has 2 N–H and O–H groups in total. The van der Waals surface area contributed by atoms with Crippen LogP contribution in [0.5, 0.6) is 0 Å². The molecule has 1 aliphatic carbocycles. The SMILES string of the molecule is NC(=S)CCN(C(=O)c1ccc(F)cc1F)C1CC1. The van der Waals surface area contributed by atoms with Crippen LogP contribution in [-0.4, -0.2) is 28.4 Å². The summed E-state index contributed by atoms with van der Waals surface area (Å²) >= 11 is 4.78. The summed E-state index contributed by atoms with van der Waals surface area (Å²) in [5.41, 5.74) is 5.31. The van der Waals surface area contributed by atoms with Gasteiger partial charge in [0.2, 0.25) is 0 Å². The van der Waals surface area contributed by atoms with Gasteiger partial charge in [0.15, 0.2) is 0 Å². The van der Waals surface area contributed by atoms with Gasteiger partial charge >= 0.3 is 0 Å². The van der Waals surface area contributed by atoms with Crippen LogP contribution in [0.25, 0.3) is 0 Å². The van der Waals surface area contributed by atoms with Crippen LogP contribution in [0.2, 0.25) is 0 Å². The van der Waals surface area contributed by atoms with Crippen molar-refractivity contribution >= 4 is 23.1 Å². The van der Waals surface area contributed by atoms with E-state index in [9.17, 15) is 13.6 Å². The predicted molar refractivity (Wildman–Crippen MR) is 71.8 cm³/mol. The fourth-order valence-electron chi connectivity index (χ4n) is 1.88. The van der Waals surface area contributed by atoms with Gasteiger partial charge in [0.05, 0.1) is 10.6 Å². The zero-order valence-electron chi connectivity index (χ0n) is 10.2. The molecule has 6 heteroatoms. The van der Waals surface area contributed by atoms with E-state index in [0.29, 0.717) is 24.0 Å². The molecular formula is C13H14F2N2OS. The van der Waals surface area contributed by atoms with E-state index in [-0.39, 0.29) is 11.6 Å². The number of nitrogens with two attached hydrogens (primary N) is 1. The smallest absolute Gasteiger partial charge is 0.257 e. The maximum atomic E-state index is 13.6. The zero-order chi connectivity index (χ0) is 14.0. The lowest BCUT2D eigenvalue weighted by Gasteiger charge is -2.22. The number of rotatable bonds is 5. The third kappa shape index (κ3) is 3.47. The van der Waals surface area contributed by atoms with Gasteiger partial charge in [-0.2, -0.15) is 0 Å². The second kappa shape index (κ2) is 5.61. The van der Waals surface area contributed by atoms with Gasteiger partial charge in [0.1, 0.15) is 11.6 Å². The fraction of sp³-hybridized carbons (Fsp3) is 0.385. The lowest BCUT2D eigenvalue weighted by Crippen LogP contribution is -2.36. The zero-order valence-corrected chi connectivity index (χ0v) is 11.1. The van der Waals surface area contributed by atoms with Crippen molar-refractivity contribution < 1.29 is 13.6 Å². The molecule has 0 bridgehead atoms. The van der Waals surface area contributed by atoms with Crippen molar-refractivity contribution in [3.05, 3.63) is 35.4 Å². The fourth-order valence-corrected chi connectivity index (χ4v) is 1.98. The number of hydrogen-bond acceptors (Lipinski definition) is 2. The molecule has 1 aromatic rings. The first-order chi connectivity index (χ1) is 8.99. The van der Waals surface area contributed by atoms with Crippen LogP contribution in [0.3, 0.4) is 0 Å². The Morgan fingerprint density at radius 2 is 2.11 bits per heavy atom. The number of nitrogens with zero attached hydrogens (tertiary/aromatic N) is 1. The molecule has 0 aliphatic heterocycles. The highest BCUT2D eigenvalue weighted by Crippen LogP contribution is 2.29. The van der Waals surface area contributed by atoms with E-state index in [1.54, 1.807) is 4.90 Å². The maximum absolute atomic E-state index is 13.6. The molecule has 0 aromatic heterocycles. The first-order valence-corrected chi connectivity index (χ1v) is 6.44. The Bertz CT molecular complexity index is 517. The van der Waals surface area contributed by atoms with Crippen molar-refractivity contribution in [2.24, 2.45) is 5.73 Å². The molecule has 102 valence electrons. The minimum Gasteiger partial charge on any atom is -0.393 e. The van der Waals surface area contributed by atoms with Gasteiger partial charge in [0.25, 0.3) is 5.91 Å². The van der Waals surface area contributed by atoms with E-state index in [0.717, 1.165) is 18.9 Å². The Labute approximate surface area is 115 Å². The average Bonchev–Trinajstić information content (AvgIpc) is 3.13. The lowest BCUT2D eigenvalue weighted by atomic mass is 10.1. The van der Waals surface area contributed by atoms with Crippen LogP contribution in [0.1, 0.15) is 29.6 Å². The van der Waals surface area contributed by atoms with Crippen molar-refractivity contribution in [3.8, 4) is 0 Å². The lowest BCUT2D eigenvalue weighted by molar-refractivity contribution is 0.0743. The first-order valence-electron chi connectivity index (χ1n) is 6.03. The van der Waals surface area contributed by atoms with Gasteiger partial charge in [-0.05, 0) is 25.0 Å². The molecule has 3 nitrogen and oxygen atoms in total. The Hall–Kier alpha value is -1.56. The van der Waals surface area contributed by atoms with Crippen molar-refractivity contribution in [2.75, 3.05) is 6.54 Å². The molecule has 1 amide bonds. The summed E-state index contributed by atoms with van der Waals surface area (Å²) in [4.78, 5) is 14.1. The van der Waals surface area contributed by atoms with E-state index in [1.165, 1.54) is 6.07 Å². The predicted octanol–water partition coefficient (Wildman–Crippen LogP) is 2.25. The van der Waals surface area contributed by atoms with Gasteiger partial charge in [-0.15, -0.1) is 0 Å². The van der Waals surface area contributed by atoms with Crippen molar-refractivity contribution in [2.45, 2.75) is 25.3 Å². The largest absolute Gasteiger partial charge is 0.393 e. The molecule has 1 saturated carbocycles. The van der Waals surface area contributed by atoms with Crippen LogP contribution in [0.4, 0.5) is 8.78 Å². The Morgan fingerprint density at radius 3 is 2.63 bits per heavy atom. The number of carbonyl (C=O) groups is 1. The van der Waals surface area contributed by atoms with E-state index in [4.69, 9.17) is 18.0 Å². The van der Waals surface area contributed by atoms with Crippen LogP contribution >= 0.6 is 12.2 Å². The standard InChI is InChI=1S/C13H14F2N2OS/c14-8-1-4-10(11(15)7-8)13(18)17(9-2-3-9)6-5-12(16)19/h1,4,7,9H,2-3,5-6H2,(H2,16,19). The van der Waals surface area contributed by atoms with Crippen molar-refractivity contribution in [1.29, 1.82) is 0 Å². The quantitative estimate of drug-likeness (QED) is 0.844. The molecule has 0 radical (unpaired) electrons. The Kier molecular flexibility index (Phi) is 4.09. The summed E-state index contributed by atoms with van der Waals surface area (Å²) in [6, 6.07) is 3.08. The number of amides is 1. The first kappa shape index (κ1) is 13.9. The van der Waals surface area contributed by atoms with Gasteiger partial charge in [-0.25, -0.2) is 8.78 Å². The molecule has 0 unspecified atom stereocenters. The van der Waals surface area contributed by atoms with Crippen LogP contribution in [0.15, 0.2) is 18.2 Å². The summed E-state index contributed by atoms with van der Waals surface area (Å²) in [6.45, 7) is 0.371. The topological polar surface area (TPSA) is 46.3 Å². The minimum absolute atomic E-state index is 0.115. The maximum Gasteiger partial charge on any atom is 0.257 e. The number of halogens is 2. The molecule has 1 aliphatic rings. The Morgan fingerprint density at radius 1 is 1.42 bits per heavy atom. The summed E-state index contributed by atoms with van der Waals surface area (Å²) in [5, 5.41) is 0. The van der Waals surface area contributed by atoms with Crippen LogP contribution in [0, 0.1) is 11.6 Å². The highest BCUT2D eigenvalue weighted by Gasteiger charge is 2.33. The molecule has 0 spiro atoms. The summed E-state index contributed by atoms with van der Waals surface area (Å²) in [6.07, 6.45) is 2.19. The highest BCUT2D eigenvalue weighted by atomic mass is 32.1. The monoisotopic (exact) mass is 284 g/mol. The Balaban J connectivity index is 2.16. The van der Waals surface area contributed by atoms with Gasteiger partial charge in [0, 0.05) is 25.1 Å². The molecule has 0 atom stereocenters. The number of hydrogen-bond donors (Lipinski definition) is 1. The molecule has 1 aromatic carbocycles. The number of benzene rings is 1. The molecule has 0 saturated heterocycles. The van der Waals surface area contributed by atoms with E-state index < -0.39 is 17.5 Å². The van der Waals surface area contributed by atoms with Gasteiger partial charge in [-0.1, -0.05) is 12.2 Å². The second-order valence-electron chi connectivity index (χ2n) is 4.57. The summed E-state index contributed by atoms with van der Waals surface area (Å²) in [5.74, 6) is -1.97. The van der Waals surface area contributed by atoms with Crippen molar-refractivity contribution in [1.82, 2.24) is 4.90 Å². The molecule has 19 heavy (non-hydrogen) atoms. The molecular weight excluding hydrogens is 270 g/mol. The second-order valence-corrected chi connectivity index (χ2v) is 5.09. The summed E-state index contributed by atoms with van der Waals surface area (Å²) in [7, 11) is 0. The van der Waals surface area contributed by atoms with Crippen molar-refractivity contribution in [3.63, 3.8) is 0 Å². The molecule has 2 rings (SSSR count). The van der Waals surface area contributed by atoms with Gasteiger partial charge in [-0.3, -0.25) is 4.79 Å². The average molecular weight is 284 g/mol. The van der Waals surface area contributed by atoms with E-state index in [2.05, 4.69) is 0 Å². The highest BCUT2D eigenvalue weighted by molar-refractivity contribution is 7.80. The van der Waals surface area contributed by atoms with Crippen LogP contribution < -0.4 is 5.73 Å². The minimum atomic E-state index is -0.842. The normalized spacial score (nSPS) is 14.2. The van der Waals surface area contributed by atoms with Crippen LogP contribution in [-0.2, 0) is 0 Å². The van der Waals surface area contributed by atoms with Gasteiger partial charge < -0.3 is 10.6 Å². The van der Waals surface area contributed by atoms with E-state index >= 15 is 0 Å².